The SMILES string of the molecule is [B]N1CCc2nc(NC(C)=O)sc2C1. The number of nitrogens with one attached hydrogen (secondary N) is 1. The largest absolute Gasteiger partial charge is 0.349 e. The average Bonchev–Trinajstić information content (AvgIpc) is 2.44. The third kappa shape index (κ3) is 1.96. The highest BCUT2D eigenvalue weighted by Gasteiger charge is 2.17. The first kappa shape index (κ1) is 9.67. The van der Waals surface area contributed by atoms with Gasteiger partial charge in [0.1, 0.15) is 0 Å². The first-order valence-electron chi connectivity index (χ1n) is 4.41. The molecule has 1 N–H and O–H groups in total. The van der Waals surface area contributed by atoms with E-state index >= 15 is 0 Å². The van der Waals surface area contributed by atoms with Gasteiger partial charge in [-0.25, -0.2) is 4.98 Å². The Bertz CT molecular complexity index is 365. The number of aromatic nitrogens is 1. The maximum atomic E-state index is 10.8. The van der Waals surface area contributed by atoms with E-state index in [0.717, 1.165) is 30.1 Å². The Morgan fingerprint density at radius 2 is 2.50 bits per heavy atom. The first-order chi connectivity index (χ1) is 6.65. The van der Waals surface area contributed by atoms with E-state index < -0.39 is 0 Å². The van der Waals surface area contributed by atoms with Crippen molar-refractivity contribution in [2.45, 2.75) is 19.9 Å². The van der Waals surface area contributed by atoms with Crippen molar-refractivity contribution >= 4 is 30.4 Å². The Hall–Kier alpha value is -0.875. The number of anilines is 1. The van der Waals surface area contributed by atoms with Crippen LogP contribution in [0.4, 0.5) is 5.13 Å². The smallest absolute Gasteiger partial charge is 0.223 e. The van der Waals surface area contributed by atoms with Crippen molar-refractivity contribution in [2.24, 2.45) is 0 Å². The van der Waals surface area contributed by atoms with Crippen molar-refractivity contribution in [3.8, 4) is 0 Å². The van der Waals surface area contributed by atoms with Crippen molar-refractivity contribution in [2.75, 3.05) is 11.9 Å². The molecule has 2 rings (SSSR count). The average molecular weight is 207 g/mol. The number of nitrogens with zero attached hydrogens (tertiary/aromatic N) is 2. The topological polar surface area (TPSA) is 45.2 Å². The lowest BCUT2D eigenvalue weighted by molar-refractivity contribution is -0.114. The van der Waals surface area contributed by atoms with Crippen LogP contribution in [-0.4, -0.2) is 30.2 Å². The standard InChI is InChI=1S/C8H10BN3OS/c1-5(13)10-8-11-6-2-3-12(9)4-7(6)14-8/h2-4H2,1H3,(H,10,11,13). The number of fused-ring (bicyclic) bond motifs is 1. The molecule has 0 spiro atoms. The quantitative estimate of drug-likeness (QED) is 0.683. The summed E-state index contributed by atoms with van der Waals surface area (Å²) in [6, 6.07) is 0. The first-order valence-corrected chi connectivity index (χ1v) is 5.22. The van der Waals surface area contributed by atoms with Crippen LogP contribution in [0.15, 0.2) is 0 Å². The molecular formula is C8H10BN3OS. The minimum Gasteiger partial charge on any atom is -0.349 e. The number of carbonyl (C=O) groups is 1. The number of hydrogen-bond acceptors (Lipinski definition) is 4. The van der Waals surface area contributed by atoms with Crippen molar-refractivity contribution in [1.82, 2.24) is 9.79 Å². The van der Waals surface area contributed by atoms with E-state index in [9.17, 15) is 4.79 Å². The summed E-state index contributed by atoms with van der Waals surface area (Å²) in [6.07, 6.45) is 0.863. The van der Waals surface area contributed by atoms with E-state index in [2.05, 4.69) is 10.3 Å². The van der Waals surface area contributed by atoms with Gasteiger partial charge in [0.25, 0.3) is 0 Å². The fourth-order valence-corrected chi connectivity index (χ4v) is 2.50. The van der Waals surface area contributed by atoms with Crippen molar-refractivity contribution in [1.29, 1.82) is 0 Å². The predicted molar refractivity (Wildman–Crippen MR) is 56.3 cm³/mol. The summed E-state index contributed by atoms with van der Waals surface area (Å²) in [5.74, 6) is -0.0827. The van der Waals surface area contributed by atoms with Crippen molar-refractivity contribution in [3.05, 3.63) is 10.6 Å². The zero-order chi connectivity index (χ0) is 10.1. The van der Waals surface area contributed by atoms with Crippen molar-refractivity contribution in [3.63, 3.8) is 0 Å². The van der Waals surface area contributed by atoms with Crippen LogP contribution < -0.4 is 5.32 Å². The van der Waals surface area contributed by atoms with E-state index in [4.69, 9.17) is 7.98 Å². The summed E-state index contributed by atoms with van der Waals surface area (Å²) in [7, 11) is 5.68. The molecule has 6 heteroatoms. The van der Waals surface area contributed by atoms with Gasteiger partial charge in [-0.2, -0.15) is 0 Å². The Morgan fingerprint density at radius 1 is 1.71 bits per heavy atom. The predicted octanol–water partition coefficient (Wildman–Crippen LogP) is 0.543. The molecule has 1 amide bonds. The Morgan fingerprint density at radius 3 is 3.21 bits per heavy atom. The second kappa shape index (κ2) is 3.71. The normalized spacial score (nSPS) is 16.4. The van der Waals surface area contributed by atoms with Gasteiger partial charge in [0.05, 0.1) is 5.69 Å². The zero-order valence-electron chi connectivity index (χ0n) is 7.91. The lowest BCUT2D eigenvalue weighted by Crippen LogP contribution is -2.26. The molecule has 0 bridgehead atoms. The van der Waals surface area contributed by atoms with E-state index in [-0.39, 0.29) is 5.91 Å². The summed E-state index contributed by atoms with van der Waals surface area (Å²) in [5, 5.41) is 3.36. The highest BCUT2D eigenvalue weighted by molar-refractivity contribution is 7.15. The monoisotopic (exact) mass is 207 g/mol. The number of hydrogen-bond donors (Lipinski definition) is 1. The van der Waals surface area contributed by atoms with E-state index in [1.807, 2.05) is 0 Å². The third-order valence-corrected chi connectivity index (χ3v) is 3.04. The maximum Gasteiger partial charge on any atom is 0.223 e. The summed E-state index contributed by atoms with van der Waals surface area (Å²) < 4.78 is 0. The second-order valence-electron chi connectivity index (χ2n) is 3.29. The molecule has 0 fully saturated rings. The minimum atomic E-state index is -0.0827. The molecule has 0 unspecified atom stereocenters. The molecule has 0 saturated heterocycles. The molecule has 4 nitrogen and oxygen atoms in total. The van der Waals surface area contributed by atoms with Crippen LogP contribution in [0.1, 0.15) is 17.5 Å². The summed E-state index contributed by atoms with van der Waals surface area (Å²) in [6.45, 7) is 3.04. The lowest BCUT2D eigenvalue weighted by atomic mass is 10.1. The third-order valence-electron chi connectivity index (χ3n) is 2.04. The summed E-state index contributed by atoms with van der Waals surface area (Å²) >= 11 is 1.50. The molecule has 14 heavy (non-hydrogen) atoms. The highest BCUT2D eigenvalue weighted by atomic mass is 32.1. The van der Waals surface area contributed by atoms with Gasteiger partial charge in [0.2, 0.25) is 5.91 Å². The van der Waals surface area contributed by atoms with E-state index in [1.165, 1.54) is 18.3 Å². The number of rotatable bonds is 1. The molecule has 1 aromatic rings. The van der Waals surface area contributed by atoms with Gasteiger partial charge in [-0.3, -0.25) is 4.79 Å². The Kier molecular flexibility index (Phi) is 2.56. The molecule has 0 aromatic carbocycles. The molecule has 1 aliphatic rings. The molecule has 0 atom stereocenters. The summed E-state index contributed by atoms with van der Waals surface area (Å²) in [4.78, 5) is 18.1. The van der Waals surface area contributed by atoms with Crippen LogP contribution in [0.5, 0.6) is 0 Å². The summed E-state index contributed by atoms with van der Waals surface area (Å²) in [5.41, 5.74) is 1.07. The fraction of sp³-hybridized carbons (Fsp3) is 0.500. The Labute approximate surface area is 87.8 Å². The lowest BCUT2D eigenvalue weighted by Gasteiger charge is -2.20. The maximum absolute atomic E-state index is 10.8. The van der Waals surface area contributed by atoms with Crippen LogP contribution in [0.25, 0.3) is 0 Å². The molecule has 0 aliphatic carbocycles. The van der Waals surface area contributed by atoms with Gasteiger partial charge in [-0.1, -0.05) is 0 Å². The van der Waals surface area contributed by atoms with Crippen molar-refractivity contribution < 1.29 is 4.79 Å². The fourth-order valence-electron chi connectivity index (χ4n) is 1.42. The van der Waals surface area contributed by atoms with Crippen LogP contribution in [0.2, 0.25) is 0 Å². The van der Waals surface area contributed by atoms with Gasteiger partial charge in [0, 0.05) is 24.8 Å². The molecule has 2 heterocycles. The van der Waals surface area contributed by atoms with Crippen LogP contribution in [-0.2, 0) is 17.8 Å². The van der Waals surface area contributed by atoms with Gasteiger partial charge in [-0.05, 0) is 6.54 Å². The number of amides is 1. The molecule has 2 radical (unpaired) electrons. The van der Waals surface area contributed by atoms with Gasteiger partial charge < -0.3 is 10.1 Å². The van der Waals surface area contributed by atoms with E-state index in [0.29, 0.717) is 5.13 Å². The molecule has 0 saturated carbocycles. The van der Waals surface area contributed by atoms with Gasteiger partial charge in [-0.15, -0.1) is 11.3 Å². The van der Waals surface area contributed by atoms with Gasteiger partial charge in [0.15, 0.2) is 13.1 Å². The van der Waals surface area contributed by atoms with E-state index in [1.54, 1.807) is 4.81 Å². The van der Waals surface area contributed by atoms with Crippen LogP contribution in [0.3, 0.4) is 0 Å². The van der Waals surface area contributed by atoms with Crippen LogP contribution >= 0.6 is 11.3 Å². The number of thiazole rings is 1. The zero-order valence-corrected chi connectivity index (χ0v) is 8.73. The van der Waals surface area contributed by atoms with Gasteiger partial charge >= 0.3 is 0 Å². The molecular weight excluding hydrogens is 197 g/mol. The van der Waals surface area contributed by atoms with Crippen LogP contribution in [0, 0.1) is 0 Å². The number of carbonyl (C=O) groups excluding carboxylic acids is 1. The molecule has 72 valence electrons. The second-order valence-corrected chi connectivity index (χ2v) is 4.37. The highest BCUT2D eigenvalue weighted by Crippen LogP contribution is 2.27. The minimum absolute atomic E-state index is 0.0827. The molecule has 1 aliphatic heterocycles. The molecule has 1 aromatic heterocycles. The Balaban J connectivity index is 2.19.